The molecule has 0 bridgehead atoms. The predicted molar refractivity (Wildman–Crippen MR) is 55.6 cm³/mol. The van der Waals surface area contributed by atoms with Gasteiger partial charge in [-0.2, -0.15) is 0 Å². The zero-order chi connectivity index (χ0) is 10.7. The molecule has 1 aliphatic heterocycles. The molecule has 3 nitrogen and oxygen atoms in total. The Balaban J connectivity index is 2.13. The highest BCUT2D eigenvalue weighted by Gasteiger charge is 2.29. The van der Waals surface area contributed by atoms with Crippen LogP contribution in [-0.2, 0) is 9.47 Å². The third-order valence-corrected chi connectivity index (χ3v) is 2.67. The van der Waals surface area contributed by atoms with Gasteiger partial charge in [-0.25, -0.2) is 0 Å². The standard InChI is InChI=1S/C12H14O3/c1-9-11(7-14-8-15-9)12(13)10-5-3-2-4-6-10/h2-6,9,11H,7-8H2,1H3. The Labute approximate surface area is 89.0 Å². The van der Waals surface area contributed by atoms with Crippen molar-refractivity contribution in [2.24, 2.45) is 5.92 Å². The van der Waals surface area contributed by atoms with Gasteiger partial charge in [-0.1, -0.05) is 30.3 Å². The second kappa shape index (κ2) is 4.55. The first-order valence-corrected chi connectivity index (χ1v) is 5.07. The molecule has 0 saturated carbocycles. The Bertz CT molecular complexity index is 334. The monoisotopic (exact) mass is 206 g/mol. The van der Waals surface area contributed by atoms with E-state index >= 15 is 0 Å². The zero-order valence-corrected chi connectivity index (χ0v) is 8.68. The summed E-state index contributed by atoms with van der Waals surface area (Å²) >= 11 is 0. The van der Waals surface area contributed by atoms with Crippen LogP contribution >= 0.6 is 0 Å². The second-order valence-electron chi connectivity index (χ2n) is 3.70. The van der Waals surface area contributed by atoms with Crippen molar-refractivity contribution in [1.29, 1.82) is 0 Å². The van der Waals surface area contributed by atoms with Gasteiger partial charge in [-0.15, -0.1) is 0 Å². The summed E-state index contributed by atoms with van der Waals surface area (Å²) in [6, 6.07) is 9.27. The van der Waals surface area contributed by atoms with E-state index in [9.17, 15) is 4.79 Å². The molecule has 1 fully saturated rings. The minimum Gasteiger partial charge on any atom is -0.355 e. The summed E-state index contributed by atoms with van der Waals surface area (Å²) in [7, 11) is 0. The molecule has 3 heteroatoms. The van der Waals surface area contributed by atoms with Crippen LogP contribution in [0.2, 0.25) is 0 Å². The Hall–Kier alpha value is -1.19. The molecule has 1 aromatic carbocycles. The van der Waals surface area contributed by atoms with Gasteiger partial charge in [0.1, 0.15) is 6.79 Å². The fourth-order valence-corrected chi connectivity index (χ4v) is 1.69. The highest BCUT2D eigenvalue weighted by molar-refractivity contribution is 5.98. The molecule has 2 rings (SSSR count). The van der Waals surface area contributed by atoms with Gasteiger partial charge in [-0.05, 0) is 6.92 Å². The molecule has 1 aliphatic rings. The van der Waals surface area contributed by atoms with Crippen LogP contribution in [0.3, 0.4) is 0 Å². The number of ether oxygens (including phenoxy) is 2. The molecule has 0 aromatic heterocycles. The molecule has 15 heavy (non-hydrogen) atoms. The third kappa shape index (κ3) is 2.25. The van der Waals surface area contributed by atoms with Crippen molar-refractivity contribution in [2.75, 3.05) is 13.4 Å². The van der Waals surface area contributed by atoms with E-state index in [1.54, 1.807) is 0 Å². The lowest BCUT2D eigenvalue weighted by Gasteiger charge is -2.27. The number of carbonyl (C=O) groups is 1. The van der Waals surface area contributed by atoms with Crippen LogP contribution in [0.15, 0.2) is 30.3 Å². The van der Waals surface area contributed by atoms with Crippen molar-refractivity contribution >= 4 is 5.78 Å². The predicted octanol–water partition coefficient (Wildman–Crippen LogP) is 1.88. The van der Waals surface area contributed by atoms with Gasteiger partial charge in [-0.3, -0.25) is 4.79 Å². The third-order valence-electron chi connectivity index (χ3n) is 2.67. The van der Waals surface area contributed by atoms with Crippen LogP contribution in [0, 0.1) is 5.92 Å². The summed E-state index contributed by atoms with van der Waals surface area (Å²) in [5.74, 6) is -0.0797. The Morgan fingerprint density at radius 3 is 2.73 bits per heavy atom. The molecular weight excluding hydrogens is 192 g/mol. The number of rotatable bonds is 2. The van der Waals surface area contributed by atoms with E-state index in [-0.39, 0.29) is 17.8 Å². The van der Waals surface area contributed by atoms with Crippen molar-refractivity contribution in [3.8, 4) is 0 Å². The van der Waals surface area contributed by atoms with Gasteiger partial charge in [0.2, 0.25) is 0 Å². The Morgan fingerprint density at radius 1 is 1.33 bits per heavy atom. The maximum atomic E-state index is 12.1. The van der Waals surface area contributed by atoms with Crippen LogP contribution in [0.1, 0.15) is 17.3 Å². The fourth-order valence-electron chi connectivity index (χ4n) is 1.69. The van der Waals surface area contributed by atoms with Gasteiger partial charge in [0.05, 0.1) is 18.6 Å². The normalized spacial score (nSPS) is 26.2. The van der Waals surface area contributed by atoms with E-state index in [2.05, 4.69) is 0 Å². The maximum absolute atomic E-state index is 12.1. The molecule has 0 amide bonds. The molecule has 0 radical (unpaired) electrons. The molecule has 1 heterocycles. The van der Waals surface area contributed by atoms with Crippen molar-refractivity contribution in [2.45, 2.75) is 13.0 Å². The minimum absolute atomic E-state index is 0.0635. The van der Waals surface area contributed by atoms with Crippen molar-refractivity contribution < 1.29 is 14.3 Å². The van der Waals surface area contributed by atoms with E-state index in [1.807, 2.05) is 37.3 Å². The van der Waals surface area contributed by atoms with E-state index in [0.29, 0.717) is 13.4 Å². The van der Waals surface area contributed by atoms with Gasteiger partial charge in [0.15, 0.2) is 5.78 Å². The average molecular weight is 206 g/mol. The molecule has 2 unspecified atom stereocenters. The van der Waals surface area contributed by atoms with Gasteiger partial charge in [0, 0.05) is 5.56 Å². The summed E-state index contributed by atoms with van der Waals surface area (Å²) < 4.78 is 10.4. The highest BCUT2D eigenvalue weighted by Crippen LogP contribution is 2.19. The SMILES string of the molecule is CC1OCOCC1C(=O)c1ccccc1. The average Bonchev–Trinajstić information content (AvgIpc) is 2.30. The highest BCUT2D eigenvalue weighted by atomic mass is 16.7. The summed E-state index contributed by atoms with van der Waals surface area (Å²) in [4.78, 5) is 12.1. The minimum atomic E-state index is -0.179. The summed E-state index contributed by atoms with van der Waals surface area (Å²) in [5, 5.41) is 0. The van der Waals surface area contributed by atoms with Crippen LogP contribution in [0.5, 0.6) is 0 Å². The van der Waals surface area contributed by atoms with Crippen LogP contribution in [0.4, 0.5) is 0 Å². The number of hydrogen-bond donors (Lipinski definition) is 0. The summed E-state index contributed by atoms with van der Waals surface area (Å²) in [6.45, 7) is 2.66. The Morgan fingerprint density at radius 2 is 2.07 bits per heavy atom. The van der Waals surface area contributed by atoms with E-state index in [0.717, 1.165) is 5.56 Å². The number of Topliss-reactive ketones (excluding diaryl/α,β-unsaturated/α-hetero) is 1. The summed E-state index contributed by atoms with van der Waals surface area (Å²) in [5.41, 5.74) is 0.725. The lowest BCUT2D eigenvalue weighted by Crippen LogP contribution is -2.37. The van der Waals surface area contributed by atoms with Crippen LogP contribution < -0.4 is 0 Å². The molecule has 0 aliphatic carbocycles. The van der Waals surface area contributed by atoms with E-state index in [1.165, 1.54) is 0 Å². The van der Waals surface area contributed by atoms with Gasteiger partial charge in [0.25, 0.3) is 0 Å². The summed E-state index contributed by atoms with van der Waals surface area (Å²) in [6.07, 6.45) is -0.0635. The zero-order valence-electron chi connectivity index (χ0n) is 8.68. The van der Waals surface area contributed by atoms with E-state index in [4.69, 9.17) is 9.47 Å². The van der Waals surface area contributed by atoms with Crippen LogP contribution in [0.25, 0.3) is 0 Å². The quantitative estimate of drug-likeness (QED) is 0.693. The number of ketones is 1. The van der Waals surface area contributed by atoms with Gasteiger partial charge >= 0.3 is 0 Å². The first-order chi connectivity index (χ1) is 7.29. The molecule has 80 valence electrons. The fraction of sp³-hybridized carbons (Fsp3) is 0.417. The first kappa shape index (κ1) is 10.3. The number of carbonyl (C=O) groups excluding carboxylic acids is 1. The molecule has 1 aromatic rings. The topological polar surface area (TPSA) is 35.5 Å². The number of benzene rings is 1. The smallest absolute Gasteiger partial charge is 0.170 e. The molecule has 0 spiro atoms. The first-order valence-electron chi connectivity index (χ1n) is 5.07. The molecular formula is C12H14O3. The second-order valence-corrected chi connectivity index (χ2v) is 3.70. The molecule has 1 saturated heterocycles. The van der Waals surface area contributed by atoms with E-state index < -0.39 is 0 Å². The number of hydrogen-bond acceptors (Lipinski definition) is 3. The van der Waals surface area contributed by atoms with Crippen LogP contribution in [-0.4, -0.2) is 25.3 Å². The molecule has 0 N–H and O–H groups in total. The molecule has 2 atom stereocenters. The maximum Gasteiger partial charge on any atom is 0.170 e. The lowest BCUT2D eigenvalue weighted by atomic mass is 9.93. The lowest BCUT2D eigenvalue weighted by molar-refractivity contribution is -0.152. The van der Waals surface area contributed by atoms with Crippen molar-refractivity contribution in [1.82, 2.24) is 0 Å². The van der Waals surface area contributed by atoms with Gasteiger partial charge < -0.3 is 9.47 Å². The Kier molecular flexibility index (Phi) is 3.14. The largest absolute Gasteiger partial charge is 0.355 e. The van der Waals surface area contributed by atoms with Crippen molar-refractivity contribution in [3.05, 3.63) is 35.9 Å². The van der Waals surface area contributed by atoms with Crippen molar-refractivity contribution in [3.63, 3.8) is 0 Å².